The summed E-state index contributed by atoms with van der Waals surface area (Å²) in [5.74, 6) is 0. The van der Waals surface area contributed by atoms with Crippen LogP contribution in [0.2, 0.25) is 0 Å². The normalized spacial score (nSPS) is 12.6. The van der Waals surface area contributed by atoms with Gasteiger partial charge in [0.25, 0.3) is 0 Å². The number of hydrogen-bond donors (Lipinski definition) is 1. The van der Waals surface area contributed by atoms with E-state index in [2.05, 4.69) is 5.32 Å². The molecule has 0 saturated carbocycles. The zero-order chi connectivity index (χ0) is 15.4. The zero-order valence-electron chi connectivity index (χ0n) is 10.8. The predicted molar refractivity (Wildman–Crippen MR) is 64.5 cm³/mol. The summed E-state index contributed by atoms with van der Waals surface area (Å²) in [7, 11) is 0. The van der Waals surface area contributed by atoms with Gasteiger partial charge in [0.15, 0.2) is 0 Å². The maximum atomic E-state index is 12.6. The van der Waals surface area contributed by atoms with E-state index in [1.807, 2.05) is 6.92 Å². The van der Waals surface area contributed by atoms with Crippen LogP contribution in [0.3, 0.4) is 0 Å². The fourth-order valence-electron chi connectivity index (χ4n) is 1.66. The summed E-state index contributed by atoms with van der Waals surface area (Å²) in [5, 5.41) is 2.60. The van der Waals surface area contributed by atoms with Crippen molar-refractivity contribution in [2.45, 2.75) is 38.5 Å². The summed E-state index contributed by atoms with van der Waals surface area (Å²) in [6.07, 6.45) is -7.15. The lowest BCUT2D eigenvalue weighted by molar-refractivity contribution is -0.143. The first kappa shape index (κ1) is 16.7. The minimum absolute atomic E-state index is 0.122. The van der Waals surface area contributed by atoms with Gasteiger partial charge in [-0.05, 0) is 24.6 Å². The van der Waals surface area contributed by atoms with Gasteiger partial charge in [0.1, 0.15) is 0 Å². The predicted octanol–water partition coefficient (Wildman–Crippen LogP) is 5.33. The highest BCUT2D eigenvalue weighted by Crippen LogP contribution is 2.37. The molecule has 1 aromatic rings. The number of halogens is 6. The third-order valence-corrected chi connectivity index (χ3v) is 2.70. The quantitative estimate of drug-likeness (QED) is 0.572. The van der Waals surface area contributed by atoms with Gasteiger partial charge in [-0.15, -0.1) is 0 Å². The standard InChI is InChI=1S/C13H15F6N/c1-2-3-4-5-20-11-7-9(12(14,15)16)6-10(8-11)13(17,18)19/h6-8,20H,2-5H2,1H3. The molecule has 0 bridgehead atoms. The average Bonchev–Trinajstić information content (AvgIpc) is 2.32. The van der Waals surface area contributed by atoms with Crippen LogP contribution < -0.4 is 5.32 Å². The second-order valence-corrected chi connectivity index (χ2v) is 4.43. The van der Waals surface area contributed by atoms with Crippen LogP contribution in [-0.2, 0) is 12.4 Å². The van der Waals surface area contributed by atoms with E-state index in [1.54, 1.807) is 0 Å². The fraction of sp³-hybridized carbons (Fsp3) is 0.538. The summed E-state index contributed by atoms with van der Waals surface area (Å²) in [5.41, 5.74) is -2.76. The smallest absolute Gasteiger partial charge is 0.385 e. The highest BCUT2D eigenvalue weighted by molar-refractivity contribution is 5.50. The summed E-state index contributed by atoms with van der Waals surface area (Å²) in [4.78, 5) is 0. The van der Waals surface area contributed by atoms with Crippen LogP contribution in [0.1, 0.15) is 37.3 Å². The van der Waals surface area contributed by atoms with Crippen molar-refractivity contribution in [3.05, 3.63) is 29.3 Å². The second kappa shape index (κ2) is 6.37. The third kappa shape index (κ3) is 4.94. The molecule has 0 atom stereocenters. The zero-order valence-corrected chi connectivity index (χ0v) is 10.8. The van der Waals surface area contributed by atoms with E-state index in [9.17, 15) is 26.3 Å². The van der Waals surface area contributed by atoms with E-state index >= 15 is 0 Å². The number of unbranched alkanes of at least 4 members (excludes halogenated alkanes) is 2. The Balaban J connectivity index is 2.99. The van der Waals surface area contributed by atoms with E-state index in [4.69, 9.17) is 0 Å². The van der Waals surface area contributed by atoms with Gasteiger partial charge in [0.2, 0.25) is 0 Å². The van der Waals surface area contributed by atoms with Crippen molar-refractivity contribution < 1.29 is 26.3 Å². The minimum atomic E-state index is -4.80. The molecule has 114 valence electrons. The van der Waals surface area contributed by atoms with E-state index < -0.39 is 23.5 Å². The van der Waals surface area contributed by atoms with Gasteiger partial charge in [-0.25, -0.2) is 0 Å². The van der Waals surface area contributed by atoms with E-state index in [-0.39, 0.29) is 11.8 Å². The second-order valence-electron chi connectivity index (χ2n) is 4.43. The Bertz CT molecular complexity index is 403. The molecule has 0 amide bonds. The Hall–Kier alpha value is -1.40. The van der Waals surface area contributed by atoms with Crippen LogP contribution >= 0.6 is 0 Å². The van der Waals surface area contributed by atoms with Crippen molar-refractivity contribution in [2.75, 3.05) is 11.9 Å². The molecular formula is C13H15F6N. The summed E-state index contributed by atoms with van der Waals surface area (Å²) in [6, 6.07) is 1.51. The molecule has 1 N–H and O–H groups in total. The Labute approximate surface area is 113 Å². The van der Waals surface area contributed by atoms with Crippen LogP contribution in [0.5, 0.6) is 0 Å². The number of anilines is 1. The highest BCUT2D eigenvalue weighted by atomic mass is 19.4. The lowest BCUT2D eigenvalue weighted by Crippen LogP contribution is -2.12. The van der Waals surface area contributed by atoms with E-state index in [0.29, 0.717) is 25.1 Å². The molecule has 0 saturated heterocycles. The fourth-order valence-corrected chi connectivity index (χ4v) is 1.66. The molecule has 1 rings (SSSR count). The van der Waals surface area contributed by atoms with Crippen LogP contribution in [0.25, 0.3) is 0 Å². The first-order chi connectivity index (χ1) is 9.14. The van der Waals surface area contributed by atoms with Crippen molar-refractivity contribution in [2.24, 2.45) is 0 Å². The lowest BCUT2D eigenvalue weighted by Gasteiger charge is -2.15. The Morgan fingerprint density at radius 2 is 1.35 bits per heavy atom. The molecule has 0 unspecified atom stereocenters. The first-order valence-corrected chi connectivity index (χ1v) is 6.18. The van der Waals surface area contributed by atoms with Crippen LogP contribution in [0.15, 0.2) is 18.2 Å². The van der Waals surface area contributed by atoms with Gasteiger partial charge in [0, 0.05) is 12.2 Å². The molecule has 0 heterocycles. The van der Waals surface area contributed by atoms with Crippen molar-refractivity contribution in [3.8, 4) is 0 Å². The summed E-state index contributed by atoms with van der Waals surface area (Å²) < 4.78 is 75.5. The molecule has 0 aliphatic rings. The largest absolute Gasteiger partial charge is 0.416 e. The van der Waals surface area contributed by atoms with Crippen molar-refractivity contribution in [1.82, 2.24) is 0 Å². The number of nitrogens with one attached hydrogen (secondary N) is 1. The summed E-state index contributed by atoms with van der Waals surface area (Å²) in [6.45, 7) is 2.29. The molecule has 0 fully saturated rings. The SMILES string of the molecule is CCCCCNc1cc(C(F)(F)F)cc(C(F)(F)F)c1. The van der Waals surface area contributed by atoms with Gasteiger partial charge in [-0.3, -0.25) is 0 Å². The number of rotatable bonds is 5. The Morgan fingerprint density at radius 1 is 0.850 bits per heavy atom. The first-order valence-electron chi connectivity index (χ1n) is 6.18. The maximum Gasteiger partial charge on any atom is 0.416 e. The molecule has 0 aliphatic heterocycles. The van der Waals surface area contributed by atoms with Gasteiger partial charge in [0.05, 0.1) is 11.1 Å². The number of hydrogen-bond acceptors (Lipinski definition) is 1. The van der Waals surface area contributed by atoms with Crippen molar-refractivity contribution in [1.29, 1.82) is 0 Å². The monoisotopic (exact) mass is 299 g/mol. The molecule has 7 heteroatoms. The van der Waals surface area contributed by atoms with E-state index in [0.717, 1.165) is 12.8 Å². The van der Waals surface area contributed by atoms with Gasteiger partial charge in [-0.2, -0.15) is 26.3 Å². The Kier molecular flexibility index (Phi) is 5.30. The molecule has 0 radical (unpaired) electrons. The molecular weight excluding hydrogens is 284 g/mol. The van der Waals surface area contributed by atoms with Crippen LogP contribution in [0.4, 0.5) is 32.0 Å². The van der Waals surface area contributed by atoms with Gasteiger partial charge in [-0.1, -0.05) is 19.8 Å². The number of alkyl halides is 6. The van der Waals surface area contributed by atoms with E-state index in [1.165, 1.54) is 0 Å². The maximum absolute atomic E-state index is 12.6. The van der Waals surface area contributed by atoms with Gasteiger partial charge >= 0.3 is 12.4 Å². The number of benzene rings is 1. The lowest BCUT2D eigenvalue weighted by atomic mass is 10.1. The minimum Gasteiger partial charge on any atom is -0.385 e. The molecule has 1 nitrogen and oxygen atoms in total. The molecule has 1 aromatic carbocycles. The van der Waals surface area contributed by atoms with Crippen LogP contribution in [0, 0.1) is 0 Å². The van der Waals surface area contributed by atoms with Crippen molar-refractivity contribution in [3.63, 3.8) is 0 Å². The molecule has 0 spiro atoms. The van der Waals surface area contributed by atoms with Gasteiger partial charge < -0.3 is 5.32 Å². The summed E-state index contributed by atoms with van der Waals surface area (Å²) >= 11 is 0. The van der Waals surface area contributed by atoms with Crippen LogP contribution in [-0.4, -0.2) is 6.54 Å². The van der Waals surface area contributed by atoms with Crippen molar-refractivity contribution >= 4 is 5.69 Å². The topological polar surface area (TPSA) is 12.0 Å². The average molecular weight is 299 g/mol. The third-order valence-electron chi connectivity index (χ3n) is 2.70. The molecule has 20 heavy (non-hydrogen) atoms. The highest BCUT2D eigenvalue weighted by Gasteiger charge is 2.36. The molecule has 0 aliphatic carbocycles. The molecule has 0 aromatic heterocycles. The Morgan fingerprint density at radius 3 is 1.75 bits per heavy atom.